The van der Waals surface area contributed by atoms with Gasteiger partial charge in [0.25, 0.3) is 0 Å². The first-order valence-corrected chi connectivity index (χ1v) is 7.37. The third-order valence-corrected chi connectivity index (χ3v) is 3.27. The van der Waals surface area contributed by atoms with Gasteiger partial charge in [0.05, 0.1) is 25.7 Å². The molecule has 0 aromatic rings. The molecule has 18 heteroatoms. The first kappa shape index (κ1) is 34.4. The quantitative estimate of drug-likeness (QED) is 0.0848. The maximum Gasteiger partial charge on any atom is 1.00 e. The predicted octanol–water partition coefficient (Wildman–Crippen LogP) is -8.15. The molecule has 0 unspecified atom stereocenters. The molecule has 0 aliphatic carbocycles. The minimum atomic E-state index is -3.32. The van der Waals surface area contributed by atoms with E-state index in [1.165, 1.54) is 0 Å². The first-order valence-electron chi connectivity index (χ1n) is 7.37. The molecule has 6 N–H and O–H groups in total. The summed E-state index contributed by atoms with van der Waals surface area (Å²) < 4.78 is 8.31. The molecule has 0 aromatic heterocycles. The summed E-state index contributed by atoms with van der Waals surface area (Å²) in [4.78, 5) is 89.8. The number of ether oxygens (including phenoxy) is 2. The molecule has 0 radical (unpaired) electrons. The molecule has 0 aromatic carbocycles. The number of hydrogen-bond acceptors (Lipinski definition) is 10. The van der Waals surface area contributed by atoms with Crippen molar-refractivity contribution in [3.05, 3.63) is 0 Å². The summed E-state index contributed by atoms with van der Waals surface area (Å²) in [6.07, 6.45) is -6.55. The van der Waals surface area contributed by atoms with Gasteiger partial charge in [-0.1, -0.05) is 0 Å². The van der Waals surface area contributed by atoms with Gasteiger partial charge in [0, 0.05) is 0 Å². The average Bonchev–Trinajstić information content (AvgIpc) is 2.51. The van der Waals surface area contributed by atoms with Crippen molar-refractivity contribution in [1.82, 2.24) is 0 Å². The summed E-state index contributed by atoms with van der Waals surface area (Å²) in [6.45, 7) is 0. The summed E-state index contributed by atoms with van der Waals surface area (Å²) in [5.74, 6) is -17.2. The number of carbonyl (C=O) groups is 8. The Morgan fingerprint density at radius 3 is 0.812 bits per heavy atom. The molecule has 0 spiro atoms. The van der Waals surface area contributed by atoms with Crippen LogP contribution in [-0.4, -0.2) is 89.6 Å². The fraction of sp³-hybridized carbons (Fsp3) is 0.429. The third kappa shape index (κ3) is 10.4. The van der Waals surface area contributed by atoms with E-state index in [0.29, 0.717) is 0 Å². The molecule has 0 heterocycles. The van der Waals surface area contributed by atoms with E-state index in [1.807, 2.05) is 0 Å². The normalized spacial score (nSPS) is 10.4. The summed E-state index contributed by atoms with van der Waals surface area (Å²) in [7, 11) is 0. The average molecular weight is 486 g/mol. The Morgan fingerprint density at radius 1 is 0.500 bits per heavy atom. The fourth-order valence-electron chi connectivity index (χ4n) is 2.07. The van der Waals surface area contributed by atoms with Crippen molar-refractivity contribution in [3.63, 3.8) is 0 Å². The minimum absolute atomic E-state index is 0. The third-order valence-electron chi connectivity index (χ3n) is 3.27. The van der Waals surface area contributed by atoms with Gasteiger partial charge in [-0.05, 0) is 0 Å². The molecule has 32 heavy (non-hydrogen) atoms. The second kappa shape index (κ2) is 14.0. The molecule has 0 rings (SSSR count). The fourth-order valence-corrected chi connectivity index (χ4v) is 2.07. The molecule has 16 nitrogen and oxygen atoms in total. The van der Waals surface area contributed by atoms with Gasteiger partial charge in [0.1, 0.15) is 0 Å². The summed E-state index contributed by atoms with van der Waals surface area (Å²) in [6, 6.07) is 0. The van der Waals surface area contributed by atoms with Gasteiger partial charge in [0.2, 0.25) is 11.2 Å². The Hall–Kier alpha value is -2.24. The van der Waals surface area contributed by atoms with Crippen molar-refractivity contribution in [2.45, 2.75) is 36.9 Å². The van der Waals surface area contributed by atoms with Crippen LogP contribution in [-0.2, 0) is 47.8 Å². The molecule has 0 amide bonds. The van der Waals surface area contributed by atoms with Gasteiger partial charge in [-0.15, -0.1) is 0 Å². The van der Waals surface area contributed by atoms with Gasteiger partial charge < -0.3 is 43.0 Å². The Labute approximate surface area is 224 Å². The van der Waals surface area contributed by atoms with Crippen LogP contribution in [0.1, 0.15) is 28.5 Å². The number of carboxylic acid groups (broad SMARTS) is 6. The topological polar surface area (TPSA) is 276 Å². The van der Waals surface area contributed by atoms with Crippen LogP contribution in [0.15, 0.2) is 0 Å². The van der Waals surface area contributed by atoms with Gasteiger partial charge >= 0.3 is 107 Å². The molecular weight excluding hydrogens is 470 g/mol. The Balaban J connectivity index is -0.000000701. The van der Waals surface area contributed by atoms with Crippen LogP contribution in [0.25, 0.3) is 0 Å². The SMILES string of the molecule is O=C(O)CC(CC(=O)O)(OC(=O)C(=O)OC(CC(=O)O)(CC(=O)O)C(=O)O)C(=O)O.[H-].[H-].[Na+].[Na+]. The zero-order chi connectivity index (χ0) is 23.9. The molecule has 0 bridgehead atoms. The maximum absolute atomic E-state index is 11.9. The molecule has 0 saturated carbocycles. The van der Waals surface area contributed by atoms with Crippen molar-refractivity contribution < 1.29 is 140 Å². The van der Waals surface area contributed by atoms with E-state index in [9.17, 15) is 38.4 Å². The van der Waals surface area contributed by atoms with E-state index in [1.54, 1.807) is 0 Å². The number of esters is 2. The number of carboxylic acids is 6. The Morgan fingerprint density at radius 2 is 0.688 bits per heavy atom. The number of rotatable bonds is 12. The number of carbonyl (C=O) groups excluding carboxylic acids is 2. The van der Waals surface area contributed by atoms with Gasteiger partial charge in [-0.3, -0.25) is 19.2 Å². The standard InChI is InChI=1S/C14H14O16.2Na.2H/c15-5(16)1-13(11(25)26,2-6(17)18)29-9(23)10(24)30-14(12(27)28,3-7(19)20)4-8(21)22;;;;/h1-4H2,(H,15,16)(H,17,18)(H,19,20)(H,21,22)(H,25,26)(H,27,28);;;;/q;2*+1;2*-1. The van der Waals surface area contributed by atoms with Crippen LogP contribution in [0.2, 0.25) is 0 Å². The first-order chi connectivity index (χ1) is 13.6. The van der Waals surface area contributed by atoms with Crippen LogP contribution in [0.5, 0.6) is 0 Å². The van der Waals surface area contributed by atoms with Crippen molar-refractivity contribution in [2.75, 3.05) is 0 Å². The number of aliphatic carboxylic acids is 6. The summed E-state index contributed by atoms with van der Waals surface area (Å²) in [5, 5.41) is 53.2. The Bertz CT molecular complexity index is 716. The second-order valence-corrected chi connectivity index (χ2v) is 5.66. The van der Waals surface area contributed by atoms with Gasteiger partial charge in [-0.25, -0.2) is 19.2 Å². The van der Waals surface area contributed by atoms with E-state index >= 15 is 0 Å². The van der Waals surface area contributed by atoms with Crippen LogP contribution in [0.3, 0.4) is 0 Å². The Kier molecular flexibility index (Phi) is 15.1. The van der Waals surface area contributed by atoms with Crippen LogP contribution >= 0.6 is 0 Å². The molecule has 0 saturated heterocycles. The van der Waals surface area contributed by atoms with Crippen molar-refractivity contribution in [2.24, 2.45) is 0 Å². The minimum Gasteiger partial charge on any atom is -1.00 e. The second-order valence-electron chi connectivity index (χ2n) is 5.66. The molecular formula is C14H16Na2O16. The van der Waals surface area contributed by atoms with Crippen molar-refractivity contribution in [1.29, 1.82) is 0 Å². The summed E-state index contributed by atoms with van der Waals surface area (Å²) in [5.41, 5.74) is -6.64. The number of hydrogen-bond donors (Lipinski definition) is 6. The van der Waals surface area contributed by atoms with Gasteiger partial charge in [-0.2, -0.15) is 0 Å². The maximum atomic E-state index is 11.9. The van der Waals surface area contributed by atoms with E-state index in [2.05, 4.69) is 9.47 Å². The molecule has 0 atom stereocenters. The molecule has 170 valence electrons. The van der Waals surface area contributed by atoms with E-state index < -0.39 is 84.6 Å². The van der Waals surface area contributed by atoms with Gasteiger partial charge in [0.15, 0.2) is 0 Å². The smallest absolute Gasteiger partial charge is 1.00 e. The predicted molar refractivity (Wildman–Crippen MR) is 84.2 cm³/mol. The van der Waals surface area contributed by atoms with Crippen LogP contribution in [0.4, 0.5) is 0 Å². The summed E-state index contributed by atoms with van der Waals surface area (Å²) >= 11 is 0. The van der Waals surface area contributed by atoms with Crippen LogP contribution < -0.4 is 59.1 Å². The monoisotopic (exact) mass is 486 g/mol. The molecule has 0 aliphatic rings. The zero-order valence-electron chi connectivity index (χ0n) is 18.6. The molecule has 0 fully saturated rings. The van der Waals surface area contributed by atoms with Crippen LogP contribution in [0, 0.1) is 0 Å². The molecule has 0 aliphatic heterocycles. The van der Waals surface area contributed by atoms with E-state index in [0.717, 1.165) is 0 Å². The van der Waals surface area contributed by atoms with Crippen molar-refractivity contribution >= 4 is 47.8 Å². The van der Waals surface area contributed by atoms with E-state index in [-0.39, 0.29) is 62.0 Å². The largest absolute Gasteiger partial charge is 1.00 e. The van der Waals surface area contributed by atoms with E-state index in [4.69, 9.17) is 30.6 Å². The zero-order valence-corrected chi connectivity index (χ0v) is 20.6. The van der Waals surface area contributed by atoms with Crippen molar-refractivity contribution in [3.8, 4) is 0 Å².